The summed E-state index contributed by atoms with van der Waals surface area (Å²) in [7, 11) is -2.85. The van der Waals surface area contributed by atoms with E-state index in [0.717, 1.165) is 27.8 Å². The van der Waals surface area contributed by atoms with E-state index in [4.69, 9.17) is 15.0 Å². The van der Waals surface area contributed by atoms with Gasteiger partial charge in [0.1, 0.15) is 0 Å². The van der Waals surface area contributed by atoms with Gasteiger partial charge in [0.25, 0.3) is 0 Å². The maximum atomic E-state index is 4.98. The van der Waals surface area contributed by atoms with E-state index < -0.39 is 8.07 Å². The molecule has 0 bridgehead atoms. The molecule has 0 amide bonds. The molecule has 10 aromatic rings. The second-order valence-electron chi connectivity index (χ2n) is 15.6. The molecule has 0 N–H and O–H groups in total. The summed E-state index contributed by atoms with van der Waals surface area (Å²) in [4.78, 5) is 14.9. The molecule has 0 aliphatic heterocycles. The third-order valence-electron chi connectivity index (χ3n) is 11.8. The lowest BCUT2D eigenvalue weighted by molar-refractivity contribution is 1.07. The lowest BCUT2D eigenvalue weighted by atomic mass is 9.37. The number of hydrogen-bond acceptors (Lipinski definition) is 3. The zero-order chi connectivity index (χ0) is 41.6. The van der Waals surface area contributed by atoms with Crippen molar-refractivity contribution in [2.75, 3.05) is 0 Å². The summed E-state index contributed by atoms with van der Waals surface area (Å²) >= 11 is 0. The molecule has 5 heteroatoms. The van der Waals surface area contributed by atoms with Crippen LogP contribution < -0.4 is 37.1 Å². The molecule has 0 fully saturated rings. The largest absolute Gasteiger partial charge is 0.241 e. The lowest BCUT2D eigenvalue weighted by Crippen LogP contribution is -2.74. The summed E-state index contributed by atoms with van der Waals surface area (Å²) in [6, 6.07) is 91.6. The molecule has 0 saturated carbocycles. The molecule has 0 atom stereocenters. The Balaban J connectivity index is 1.08. The van der Waals surface area contributed by atoms with Crippen molar-refractivity contribution < 1.29 is 0 Å². The highest BCUT2D eigenvalue weighted by molar-refractivity contribution is 7.20. The lowest BCUT2D eigenvalue weighted by Gasteiger charge is -2.35. The first-order valence-corrected chi connectivity index (χ1v) is 23.1. The molecule has 3 nitrogen and oxygen atoms in total. The molecular weight excluding hydrogens is 766 g/mol. The van der Waals surface area contributed by atoms with Crippen LogP contribution in [0.25, 0.3) is 45.3 Å². The van der Waals surface area contributed by atoms with Gasteiger partial charge in [0, 0.05) is 16.7 Å². The van der Waals surface area contributed by atoms with Crippen molar-refractivity contribution in [2.24, 2.45) is 0 Å². The standard InChI is InChI=1S/C57H42BN3Si/c1-7-20-44(21-8-1)55-59-56(45-22-9-2-10-23-45)61-57(60-55)46-36-34-43(35-37-46)47-24-19-33-54(42-47)62(51-29-15-5-16-30-51,52-31-17-6-18-32-52)53-40-38-50(39-41-53)58(48-25-11-3-12-26-48)49-27-13-4-14-28-49/h1-42H. The maximum absolute atomic E-state index is 4.98. The smallest absolute Gasteiger partial charge is 0.208 e. The number of aromatic nitrogens is 3. The minimum atomic E-state index is -2.85. The van der Waals surface area contributed by atoms with Crippen molar-refractivity contribution in [1.29, 1.82) is 0 Å². The molecule has 0 spiro atoms. The van der Waals surface area contributed by atoms with Crippen LogP contribution in [0.15, 0.2) is 255 Å². The Hall–Kier alpha value is -7.73. The number of hydrogen-bond donors (Lipinski definition) is 0. The Morgan fingerprint density at radius 3 is 1.02 bits per heavy atom. The van der Waals surface area contributed by atoms with E-state index in [2.05, 4.69) is 194 Å². The Kier molecular flexibility index (Phi) is 10.8. The van der Waals surface area contributed by atoms with Gasteiger partial charge in [-0.2, -0.15) is 0 Å². The van der Waals surface area contributed by atoms with Gasteiger partial charge in [0.2, 0.25) is 6.71 Å². The molecule has 1 heterocycles. The van der Waals surface area contributed by atoms with Crippen LogP contribution >= 0.6 is 0 Å². The Morgan fingerprint density at radius 1 is 0.242 bits per heavy atom. The summed E-state index contributed by atoms with van der Waals surface area (Å²) in [6.07, 6.45) is 0. The van der Waals surface area contributed by atoms with Crippen LogP contribution in [0, 0.1) is 0 Å². The highest BCUT2D eigenvalue weighted by Gasteiger charge is 2.41. The summed E-state index contributed by atoms with van der Waals surface area (Å²) < 4.78 is 0. The van der Waals surface area contributed by atoms with Gasteiger partial charge < -0.3 is 0 Å². The van der Waals surface area contributed by atoms with Crippen LogP contribution in [-0.2, 0) is 0 Å². The van der Waals surface area contributed by atoms with Crippen LogP contribution in [0.3, 0.4) is 0 Å². The molecule has 10 rings (SSSR count). The minimum Gasteiger partial charge on any atom is -0.208 e. The number of nitrogens with zero attached hydrogens (tertiary/aromatic N) is 3. The maximum Gasteiger partial charge on any atom is 0.241 e. The third kappa shape index (κ3) is 7.62. The average Bonchev–Trinajstić information content (AvgIpc) is 3.37. The van der Waals surface area contributed by atoms with Crippen LogP contribution in [0.4, 0.5) is 0 Å². The van der Waals surface area contributed by atoms with E-state index >= 15 is 0 Å². The normalized spacial score (nSPS) is 11.2. The summed E-state index contributed by atoms with van der Waals surface area (Å²) in [5.74, 6) is 1.94. The van der Waals surface area contributed by atoms with Gasteiger partial charge in [0.15, 0.2) is 25.5 Å². The van der Waals surface area contributed by atoms with Gasteiger partial charge in [-0.3, -0.25) is 0 Å². The fourth-order valence-corrected chi connectivity index (χ4v) is 13.6. The van der Waals surface area contributed by atoms with Crippen LogP contribution in [0.5, 0.6) is 0 Å². The first-order valence-electron chi connectivity index (χ1n) is 21.1. The van der Waals surface area contributed by atoms with Crippen LogP contribution in [0.2, 0.25) is 0 Å². The van der Waals surface area contributed by atoms with Crippen LogP contribution in [-0.4, -0.2) is 29.7 Å². The quantitative estimate of drug-likeness (QED) is 0.0974. The van der Waals surface area contributed by atoms with Crippen molar-refractivity contribution >= 4 is 51.9 Å². The molecule has 62 heavy (non-hydrogen) atoms. The fraction of sp³-hybridized carbons (Fsp3) is 0. The van der Waals surface area contributed by atoms with Gasteiger partial charge in [0.05, 0.1) is 0 Å². The molecular formula is C57H42BN3Si. The van der Waals surface area contributed by atoms with Gasteiger partial charge >= 0.3 is 0 Å². The first kappa shape index (κ1) is 38.5. The summed E-state index contributed by atoms with van der Waals surface area (Å²) in [6.45, 7) is 0.120. The third-order valence-corrected chi connectivity index (χ3v) is 16.6. The van der Waals surface area contributed by atoms with Crippen LogP contribution in [0.1, 0.15) is 0 Å². The number of rotatable bonds is 11. The van der Waals surface area contributed by atoms with E-state index in [1.165, 1.54) is 37.1 Å². The van der Waals surface area contributed by atoms with Gasteiger partial charge in [-0.1, -0.05) is 271 Å². The second-order valence-corrected chi connectivity index (χ2v) is 19.4. The van der Waals surface area contributed by atoms with Crippen molar-refractivity contribution in [1.82, 2.24) is 15.0 Å². The molecule has 0 aliphatic carbocycles. The van der Waals surface area contributed by atoms with E-state index in [-0.39, 0.29) is 6.71 Å². The van der Waals surface area contributed by atoms with Crippen molar-refractivity contribution in [3.63, 3.8) is 0 Å². The van der Waals surface area contributed by atoms with Crippen molar-refractivity contribution in [3.8, 4) is 45.3 Å². The van der Waals surface area contributed by atoms with Gasteiger partial charge in [-0.05, 0) is 31.9 Å². The second kappa shape index (κ2) is 17.5. The SMILES string of the molecule is c1ccc(B(c2ccccc2)c2ccc([Si](c3ccccc3)(c3ccccc3)c3cccc(-c4ccc(-c5nc(-c6ccccc6)nc(-c6ccccc6)n5)cc4)c3)cc2)cc1. The van der Waals surface area contributed by atoms with Gasteiger partial charge in [-0.15, -0.1) is 0 Å². The molecule has 0 radical (unpaired) electrons. The van der Waals surface area contributed by atoms with E-state index in [9.17, 15) is 0 Å². The molecule has 9 aromatic carbocycles. The highest BCUT2D eigenvalue weighted by atomic mass is 28.3. The van der Waals surface area contributed by atoms with Crippen molar-refractivity contribution in [3.05, 3.63) is 255 Å². The van der Waals surface area contributed by atoms with Gasteiger partial charge in [-0.25, -0.2) is 15.0 Å². The Morgan fingerprint density at radius 2 is 0.565 bits per heavy atom. The molecule has 0 aliphatic rings. The molecule has 0 unspecified atom stereocenters. The highest BCUT2D eigenvalue weighted by Crippen LogP contribution is 2.27. The van der Waals surface area contributed by atoms with E-state index in [0.29, 0.717) is 17.5 Å². The predicted octanol–water partition coefficient (Wildman–Crippen LogP) is 8.43. The fourth-order valence-electron chi connectivity index (χ4n) is 8.85. The van der Waals surface area contributed by atoms with E-state index in [1.54, 1.807) is 0 Å². The summed E-state index contributed by atoms with van der Waals surface area (Å²) in [5.41, 5.74) is 8.96. The molecule has 0 saturated heterocycles. The first-order chi connectivity index (χ1) is 30.7. The number of benzene rings is 9. The zero-order valence-corrected chi connectivity index (χ0v) is 35.2. The Labute approximate surface area is 365 Å². The average molecular weight is 808 g/mol. The van der Waals surface area contributed by atoms with Crippen molar-refractivity contribution in [2.45, 2.75) is 0 Å². The minimum absolute atomic E-state index is 0.120. The van der Waals surface area contributed by atoms with E-state index in [1.807, 2.05) is 60.7 Å². The monoisotopic (exact) mass is 807 g/mol. The molecule has 1 aromatic heterocycles. The predicted molar refractivity (Wildman–Crippen MR) is 263 cm³/mol. The summed E-state index contributed by atoms with van der Waals surface area (Å²) in [5, 5.41) is 5.34. The topological polar surface area (TPSA) is 38.7 Å². The zero-order valence-electron chi connectivity index (χ0n) is 34.2. The molecule has 292 valence electrons. The Bertz CT molecular complexity index is 2890.